The lowest BCUT2D eigenvalue weighted by Crippen LogP contribution is -2.58. The van der Waals surface area contributed by atoms with E-state index in [-0.39, 0.29) is 11.9 Å². The van der Waals surface area contributed by atoms with Gasteiger partial charge in [0.1, 0.15) is 5.41 Å². The van der Waals surface area contributed by atoms with E-state index < -0.39 is 5.41 Å². The van der Waals surface area contributed by atoms with Gasteiger partial charge < -0.3 is 14.5 Å². The van der Waals surface area contributed by atoms with E-state index in [2.05, 4.69) is 35.1 Å². The molecule has 3 aliphatic rings. The number of carbonyl (C=O) groups excluding carboxylic acids is 1. The van der Waals surface area contributed by atoms with Crippen LogP contribution in [0, 0.1) is 11.8 Å². The van der Waals surface area contributed by atoms with E-state index in [1.807, 2.05) is 6.07 Å². The Labute approximate surface area is 147 Å². The van der Waals surface area contributed by atoms with Crippen LogP contribution in [0.15, 0.2) is 24.3 Å². The van der Waals surface area contributed by atoms with Crippen LogP contribution in [0.5, 0.6) is 0 Å². The largest absolute Gasteiger partial charge is 0.468 e. The maximum atomic E-state index is 13.1. The van der Waals surface area contributed by atoms with E-state index in [4.69, 9.17) is 9.47 Å². The minimum atomic E-state index is -0.706. The zero-order valence-corrected chi connectivity index (χ0v) is 14.7. The molecule has 0 unspecified atom stereocenters. The minimum absolute atomic E-state index is 0.153. The van der Waals surface area contributed by atoms with Gasteiger partial charge in [0, 0.05) is 29.2 Å². The molecule has 1 aromatic heterocycles. The molecule has 2 aromatic rings. The second-order valence-electron chi connectivity index (χ2n) is 7.75. The first-order valence-electron chi connectivity index (χ1n) is 9.16. The molecule has 0 saturated carbocycles. The Hall–Kier alpha value is -1.85. The van der Waals surface area contributed by atoms with Gasteiger partial charge in [0.2, 0.25) is 0 Å². The smallest absolute Gasteiger partial charge is 0.320 e. The number of esters is 1. The quantitative estimate of drug-likeness (QED) is 0.811. The summed E-state index contributed by atoms with van der Waals surface area (Å²) >= 11 is 0. The number of aromatic amines is 1. The van der Waals surface area contributed by atoms with Gasteiger partial charge >= 0.3 is 5.97 Å². The summed E-state index contributed by atoms with van der Waals surface area (Å²) in [7, 11) is 3.71. The molecule has 5 rings (SSSR count). The van der Waals surface area contributed by atoms with Crippen LogP contribution in [0.2, 0.25) is 0 Å². The van der Waals surface area contributed by atoms with E-state index in [1.165, 1.54) is 18.1 Å². The van der Waals surface area contributed by atoms with Gasteiger partial charge in [0.05, 0.1) is 13.7 Å². The van der Waals surface area contributed by atoms with Crippen molar-refractivity contribution in [1.82, 2.24) is 9.88 Å². The van der Waals surface area contributed by atoms with Crippen LogP contribution in [-0.2, 0) is 19.7 Å². The SMILES string of the molecule is COC(=O)[C@]12COCC[C@@H]3[C@H](c4c1[nH]c1ccccc41)N(C)CC[C@@H]32. The number of rotatable bonds is 1. The number of likely N-dealkylation sites (tertiary alicyclic amines) is 1. The Balaban J connectivity index is 1.88. The van der Waals surface area contributed by atoms with Crippen molar-refractivity contribution in [2.24, 2.45) is 11.8 Å². The average Bonchev–Trinajstić information content (AvgIpc) is 2.93. The lowest BCUT2D eigenvalue weighted by atomic mass is 9.56. The Morgan fingerprint density at radius 1 is 1.36 bits per heavy atom. The first kappa shape index (κ1) is 15.4. The average molecular weight is 340 g/mol. The second kappa shape index (κ2) is 5.32. The summed E-state index contributed by atoms with van der Waals surface area (Å²) in [4.78, 5) is 19.2. The number of nitrogens with zero attached hydrogens (tertiary/aromatic N) is 1. The number of ether oxygens (including phenoxy) is 2. The minimum Gasteiger partial charge on any atom is -0.468 e. The highest BCUT2D eigenvalue weighted by Gasteiger charge is 2.61. The van der Waals surface area contributed by atoms with Crippen molar-refractivity contribution in [3.05, 3.63) is 35.5 Å². The maximum Gasteiger partial charge on any atom is 0.320 e. The zero-order chi connectivity index (χ0) is 17.2. The molecule has 5 nitrogen and oxygen atoms in total. The third kappa shape index (κ3) is 1.83. The van der Waals surface area contributed by atoms with E-state index in [0.717, 1.165) is 30.6 Å². The van der Waals surface area contributed by atoms with Gasteiger partial charge in [-0.05, 0) is 49.9 Å². The molecule has 2 saturated heterocycles. The molecule has 5 heteroatoms. The van der Waals surface area contributed by atoms with Gasteiger partial charge in [-0.3, -0.25) is 9.69 Å². The third-order valence-electron chi connectivity index (χ3n) is 6.79. The number of benzene rings is 1. The number of hydrogen-bond acceptors (Lipinski definition) is 4. The monoisotopic (exact) mass is 340 g/mol. The standard InChI is InChI=1S/C20H24N2O3/c1-22-9-7-14-12-8-10-25-11-20(14,19(23)24-2)18-16(17(12)22)13-5-3-4-6-15(13)21-18/h3-6,12,14,17,21H,7-11H2,1-2H3/t12-,14-,17+,20-/m0/s1. The highest BCUT2D eigenvalue weighted by Crippen LogP contribution is 2.58. The second-order valence-corrected chi connectivity index (χ2v) is 7.75. The third-order valence-corrected chi connectivity index (χ3v) is 6.79. The first-order valence-corrected chi connectivity index (χ1v) is 9.16. The number of para-hydroxylation sites is 1. The van der Waals surface area contributed by atoms with Gasteiger partial charge in [-0.1, -0.05) is 18.2 Å². The van der Waals surface area contributed by atoms with Crippen molar-refractivity contribution >= 4 is 16.9 Å². The fourth-order valence-corrected chi connectivity index (χ4v) is 5.78. The fraction of sp³-hybridized carbons (Fsp3) is 0.550. The van der Waals surface area contributed by atoms with Crippen molar-refractivity contribution < 1.29 is 14.3 Å². The van der Waals surface area contributed by atoms with Crippen LogP contribution < -0.4 is 0 Å². The summed E-state index contributed by atoms with van der Waals surface area (Å²) < 4.78 is 11.3. The molecular weight excluding hydrogens is 316 g/mol. The van der Waals surface area contributed by atoms with E-state index in [9.17, 15) is 4.79 Å². The number of methoxy groups -OCH3 is 1. The molecule has 4 bridgehead atoms. The molecule has 25 heavy (non-hydrogen) atoms. The summed E-state index contributed by atoms with van der Waals surface area (Å²) in [5.41, 5.74) is 2.71. The highest BCUT2D eigenvalue weighted by atomic mass is 16.5. The maximum absolute atomic E-state index is 13.1. The Kier molecular flexibility index (Phi) is 3.28. The molecule has 132 valence electrons. The highest BCUT2D eigenvalue weighted by molar-refractivity contribution is 5.92. The number of H-pyrrole nitrogens is 1. The molecule has 0 spiro atoms. The van der Waals surface area contributed by atoms with Crippen LogP contribution in [0.25, 0.3) is 10.9 Å². The number of aromatic nitrogens is 1. The molecule has 1 aliphatic carbocycles. The van der Waals surface area contributed by atoms with Gasteiger partial charge in [-0.25, -0.2) is 0 Å². The molecule has 2 fully saturated rings. The molecule has 1 aromatic carbocycles. The Morgan fingerprint density at radius 2 is 2.20 bits per heavy atom. The lowest BCUT2D eigenvalue weighted by Gasteiger charge is -2.53. The summed E-state index contributed by atoms with van der Waals surface area (Å²) in [6.45, 7) is 2.13. The number of carbonyl (C=O) groups is 1. The number of nitrogens with one attached hydrogen (secondary N) is 1. The van der Waals surface area contributed by atoms with Crippen molar-refractivity contribution in [3.8, 4) is 0 Å². The number of hydrogen-bond donors (Lipinski definition) is 1. The Morgan fingerprint density at radius 3 is 3.04 bits per heavy atom. The summed E-state index contributed by atoms with van der Waals surface area (Å²) in [6.07, 6.45) is 2.00. The van der Waals surface area contributed by atoms with Crippen molar-refractivity contribution in [2.75, 3.05) is 33.9 Å². The van der Waals surface area contributed by atoms with Gasteiger partial charge in [-0.15, -0.1) is 0 Å². The van der Waals surface area contributed by atoms with E-state index >= 15 is 0 Å². The van der Waals surface area contributed by atoms with Crippen LogP contribution in [0.1, 0.15) is 30.1 Å². The van der Waals surface area contributed by atoms with Crippen LogP contribution in [0.4, 0.5) is 0 Å². The number of piperidine rings is 1. The van der Waals surface area contributed by atoms with Crippen LogP contribution >= 0.6 is 0 Å². The Bertz CT molecular complexity index is 845. The van der Waals surface area contributed by atoms with Crippen LogP contribution in [-0.4, -0.2) is 49.8 Å². The van der Waals surface area contributed by atoms with Gasteiger partial charge in [0.15, 0.2) is 0 Å². The van der Waals surface area contributed by atoms with Gasteiger partial charge in [-0.2, -0.15) is 0 Å². The zero-order valence-electron chi connectivity index (χ0n) is 14.7. The molecule has 4 atom stereocenters. The number of fused-ring (bicyclic) bond motifs is 5. The summed E-state index contributed by atoms with van der Waals surface area (Å²) in [5, 5.41) is 1.23. The fourth-order valence-electron chi connectivity index (χ4n) is 5.78. The molecular formula is C20H24N2O3. The van der Waals surface area contributed by atoms with Crippen molar-refractivity contribution in [2.45, 2.75) is 24.3 Å². The normalized spacial score (nSPS) is 34.4. The van der Waals surface area contributed by atoms with Crippen LogP contribution in [0.3, 0.4) is 0 Å². The van der Waals surface area contributed by atoms with E-state index in [0.29, 0.717) is 25.2 Å². The van der Waals surface area contributed by atoms with Crippen molar-refractivity contribution in [3.63, 3.8) is 0 Å². The summed E-state index contributed by atoms with van der Waals surface area (Å²) in [5.74, 6) is 0.538. The molecule has 1 N–H and O–H groups in total. The molecule has 0 radical (unpaired) electrons. The predicted molar refractivity (Wildman–Crippen MR) is 94.4 cm³/mol. The molecule has 3 heterocycles. The molecule has 0 amide bonds. The first-order chi connectivity index (χ1) is 12.2. The summed E-state index contributed by atoms with van der Waals surface area (Å²) in [6, 6.07) is 8.73. The van der Waals surface area contributed by atoms with E-state index in [1.54, 1.807) is 0 Å². The molecule has 2 aliphatic heterocycles. The van der Waals surface area contributed by atoms with Gasteiger partial charge in [0.25, 0.3) is 0 Å². The predicted octanol–water partition coefficient (Wildman–Crippen LogP) is 2.62. The topological polar surface area (TPSA) is 54.6 Å². The van der Waals surface area contributed by atoms with Crippen molar-refractivity contribution in [1.29, 1.82) is 0 Å². The lowest BCUT2D eigenvalue weighted by molar-refractivity contribution is -0.156.